The molecule has 0 radical (unpaired) electrons. The molecular weight excluding hydrogens is 353 g/mol. The Morgan fingerprint density at radius 1 is 1.39 bits per heavy atom. The van der Waals surface area contributed by atoms with Crippen LogP contribution in [0, 0.1) is 0 Å². The van der Waals surface area contributed by atoms with Crippen molar-refractivity contribution in [2.45, 2.75) is 25.8 Å². The minimum Gasteiger partial charge on any atom is -0.482 e. The molecule has 1 aliphatic rings. The third-order valence-corrected chi connectivity index (χ3v) is 5.59. The first-order valence-corrected chi connectivity index (χ1v) is 9.17. The van der Waals surface area contributed by atoms with Crippen molar-refractivity contribution < 1.29 is 9.53 Å². The predicted octanol–water partition coefficient (Wildman–Crippen LogP) is 4.97. The van der Waals surface area contributed by atoms with Gasteiger partial charge in [0.1, 0.15) is 5.75 Å². The molecule has 1 atom stereocenters. The number of nitrogens with zero attached hydrogens (tertiary/aromatic N) is 1. The van der Waals surface area contributed by atoms with Crippen LogP contribution < -0.4 is 4.74 Å². The second-order valence-electron chi connectivity index (χ2n) is 5.42. The van der Waals surface area contributed by atoms with E-state index in [1.807, 2.05) is 4.90 Å². The Labute approximate surface area is 149 Å². The summed E-state index contributed by atoms with van der Waals surface area (Å²) in [6.07, 6.45) is 1.81. The Balaban J connectivity index is 1.70. The zero-order valence-electron chi connectivity index (χ0n) is 12.7. The Morgan fingerprint density at radius 2 is 2.22 bits per heavy atom. The summed E-state index contributed by atoms with van der Waals surface area (Å²) in [7, 11) is 0. The van der Waals surface area contributed by atoms with Crippen molar-refractivity contribution >= 4 is 40.4 Å². The summed E-state index contributed by atoms with van der Waals surface area (Å²) in [5, 5.41) is 3.08. The van der Waals surface area contributed by atoms with Crippen LogP contribution in [0.25, 0.3) is 0 Å². The fourth-order valence-electron chi connectivity index (χ4n) is 2.95. The molecule has 2 aromatic rings. The molecule has 0 N–H and O–H groups in total. The number of hydrogen-bond acceptors (Lipinski definition) is 3. The van der Waals surface area contributed by atoms with Crippen LogP contribution in [0.5, 0.6) is 5.75 Å². The van der Waals surface area contributed by atoms with E-state index in [2.05, 4.69) is 18.4 Å². The van der Waals surface area contributed by atoms with Crippen molar-refractivity contribution in [2.75, 3.05) is 13.2 Å². The lowest BCUT2D eigenvalue weighted by Crippen LogP contribution is -2.41. The van der Waals surface area contributed by atoms with E-state index in [0.29, 0.717) is 15.8 Å². The lowest BCUT2D eigenvalue weighted by molar-refractivity contribution is -0.136. The van der Waals surface area contributed by atoms with Crippen LogP contribution in [-0.4, -0.2) is 24.0 Å². The van der Waals surface area contributed by atoms with Gasteiger partial charge in [-0.25, -0.2) is 0 Å². The van der Waals surface area contributed by atoms with E-state index in [0.717, 1.165) is 19.4 Å². The van der Waals surface area contributed by atoms with Gasteiger partial charge in [-0.05, 0) is 42.0 Å². The van der Waals surface area contributed by atoms with Crippen molar-refractivity contribution in [2.24, 2.45) is 0 Å². The van der Waals surface area contributed by atoms with E-state index in [4.69, 9.17) is 27.9 Å². The van der Waals surface area contributed by atoms with Crippen molar-refractivity contribution in [1.29, 1.82) is 0 Å². The standard InChI is InChI=1S/C17H17Cl2NO2S/c1-2-14-12-6-8-23-16(12)5-7-20(14)17(21)10-22-15-9-11(18)3-4-13(15)19/h3-4,6,8-9,14H,2,5,7,10H2,1H3/t14-/m1/s1. The van der Waals surface area contributed by atoms with Gasteiger partial charge in [0.2, 0.25) is 0 Å². The summed E-state index contributed by atoms with van der Waals surface area (Å²) >= 11 is 13.8. The molecule has 0 spiro atoms. The largest absolute Gasteiger partial charge is 0.482 e. The summed E-state index contributed by atoms with van der Waals surface area (Å²) in [5.74, 6) is 0.415. The van der Waals surface area contributed by atoms with E-state index in [-0.39, 0.29) is 18.6 Å². The van der Waals surface area contributed by atoms with Gasteiger partial charge in [0, 0.05) is 22.5 Å². The second-order valence-corrected chi connectivity index (χ2v) is 7.27. The van der Waals surface area contributed by atoms with Crippen LogP contribution in [-0.2, 0) is 11.2 Å². The minimum absolute atomic E-state index is 0.0234. The van der Waals surface area contributed by atoms with Gasteiger partial charge in [-0.3, -0.25) is 4.79 Å². The molecule has 0 saturated heterocycles. The van der Waals surface area contributed by atoms with Gasteiger partial charge >= 0.3 is 0 Å². The number of carbonyl (C=O) groups is 1. The van der Waals surface area contributed by atoms with Gasteiger partial charge in [-0.1, -0.05) is 30.1 Å². The fraction of sp³-hybridized carbons (Fsp3) is 0.353. The molecule has 3 nitrogen and oxygen atoms in total. The van der Waals surface area contributed by atoms with E-state index in [1.54, 1.807) is 29.5 Å². The Hall–Kier alpha value is -1.23. The smallest absolute Gasteiger partial charge is 0.261 e. The quantitative estimate of drug-likeness (QED) is 0.761. The zero-order chi connectivity index (χ0) is 16.4. The van der Waals surface area contributed by atoms with Crippen molar-refractivity contribution in [3.63, 3.8) is 0 Å². The summed E-state index contributed by atoms with van der Waals surface area (Å²) in [6.45, 7) is 2.81. The first-order chi connectivity index (χ1) is 11.1. The number of hydrogen-bond donors (Lipinski definition) is 0. The number of benzene rings is 1. The Bertz CT molecular complexity index is 716. The minimum atomic E-state index is -0.0317. The van der Waals surface area contributed by atoms with Gasteiger partial charge in [0.15, 0.2) is 6.61 Å². The third kappa shape index (κ3) is 3.49. The van der Waals surface area contributed by atoms with Gasteiger partial charge < -0.3 is 9.64 Å². The number of rotatable bonds is 4. The molecule has 23 heavy (non-hydrogen) atoms. The maximum absolute atomic E-state index is 12.6. The number of halogens is 2. The van der Waals surface area contributed by atoms with Crippen LogP contribution in [0.15, 0.2) is 29.6 Å². The van der Waals surface area contributed by atoms with Crippen molar-refractivity contribution in [3.05, 3.63) is 50.1 Å². The van der Waals surface area contributed by atoms with Crippen LogP contribution in [0.1, 0.15) is 29.8 Å². The van der Waals surface area contributed by atoms with Crippen molar-refractivity contribution in [1.82, 2.24) is 4.90 Å². The molecule has 0 unspecified atom stereocenters. The average Bonchev–Trinajstić information content (AvgIpc) is 3.03. The Morgan fingerprint density at radius 3 is 3.00 bits per heavy atom. The SMILES string of the molecule is CC[C@@H]1c2ccsc2CCN1C(=O)COc1cc(Cl)ccc1Cl. The molecule has 2 heterocycles. The zero-order valence-corrected chi connectivity index (χ0v) is 15.0. The molecule has 1 aliphatic heterocycles. The normalized spacial score (nSPS) is 17.0. The number of fused-ring (bicyclic) bond motifs is 1. The molecule has 0 saturated carbocycles. The summed E-state index contributed by atoms with van der Waals surface area (Å²) in [6, 6.07) is 7.24. The summed E-state index contributed by atoms with van der Waals surface area (Å²) in [4.78, 5) is 15.9. The molecule has 0 bridgehead atoms. The van der Waals surface area contributed by atoms with Crippen molar-refractivity contribution in [3.8, 4) is 5.75 Å². The molecular formula is C17H17Cl2NO2S. The van der Waals surface area contributed by atoms with Gasteiger partial charge in [0.05, 0.1) is 11.1 Å². The predicted molar refractivity (Wildman–Crippen MR) is 94.7 cm³/mol. The first-order valence-electron chi connectivity index (χ1n) is 7.53. The number of amides is 1. The monoisotopic (exact) mass is 369 g/mol. The number of thiophene rings is 1. The number of carbonyl (C=O) groups excluding carboxylic acids is 1. The maximum atomic E-state index is 12.6. The van der Waals surface area contributed by atoms with E-state index >= 15 is 0 Å². The van der Waals surface area contributed by atoms with E-state index in [9.17, 15) is 4.79 Å². The molecule has 1 aromatic heterocycles. The van der Waals surface area contributed by atoms with Crippen LogP contribution >= 0.6 is 34.5 Å². The summed E-state index contributed by atoms with van der Waals surface area (Å²) < 4.78 is 5.59. The maximum Gasteiger partial charge on any atom is 0.261 e. The number of ether oxygens (including phenoxy) is 1. The highest BCUT2D eigenvalue weighted by Crippen LogP contribution is 2.35. The molecule has 6 heteroatoms. The highest BCUT2D eigenvalue weighted by atomic mass is 35.5. The van der Waals surface area contributed by atoms with Gasteiger partial charge in [-0.2, -0.15) is 0 Å². The van der Waals surface area contributed by atoms with Gasteiger partial charge in [-0.15, -0.1) is 11.3 Å². The first kappa shape index (κ1) is 16.6. The highest BCUT2D eigenvalue weighted by Gasteiger charge is 2.30. The molecule has 3 rings (SSSR count). The fourth-order valence-corrected chi connectivity index (χ4v) is 4.21. The lowest BCUT2D eigenvalue weighted by Gasteiger charge is -2.35. The van der Waals surface area contributed by atoms with Crippen LogP contribution in [0.2, 0.25) is 10.0 Å². The Kier molecular flexibility index (Phi) is 5.14. The second kappa shape index (κ2) is 7.12. The van der Waals surface area contributed by atoms with Crippen LogP contribution in [0.4, 0.5) is 0 Å². The van der Waals surface area contributed by atoms with Crippen LogP contribution in [0.3, 0.4) is 0 Å². The van der Waals surface area contributed by atoms with Gasteiger partial charge in [0.25, 0.3) is 5.91 Å². The average molecular weight is 370 g/mol. The highest BCUT2D eigenvalue weighted by molar-refractivity contribution is 7.10. The topological polar surface area (TPSA) is 29.5 Å². The van der Waals surface area contributed by atoms with E-state index in [1.165, 1.54) is 10.4 Å². The molecule has 1 aromatic carbocycles. The summed E-state index contributed by atoms with van der Waals surface area (Å²) in [5.41, 5.74) is 1.28. The molecule has 0 fully saturated rings. The molecule has 1 amide bonds. The third-order valence-electron chi connectivity index (χ3n) is 4.05. The molecule has 0 aliphatic carbocycles. The lowest BCUT2D eigenvalue weighted by atomic mass is 9.98. The van der Waals surface area contributed by atoms with E-state index < -0.39 is 0 Å². The molecule has 122 valence electrons.